The maximum absolute atomic E-state index is 6.12. The second-order valence-corrected chi connectivity index (χ2v) is 7.38. The lowest BCUT2D eigenvalue weighted by Crippen LogP contribution is -2.11. The lowest BCUT2D eigenvalue weighted by Gasteiger charge is -2.15. The number of hydrogen-bond donors (Lipinski definition) is 0. The SMILES string of the molecule is C/C=C/COc1cc(C)c(OCCc2cccc(C(=NOC)C(C)C)c2)c(C)c1. The molecule has 0 aliphatic carbocycles. The van der Waals surface area contributed by atoms with Crippen LogP contribution in [0.4, 0.5) is 0 Å². The summed E-state index contributed by atoms with van der Waals surface area (Å²) in [4.78, 5) is 5.01. The molecule has 0 aliphatic rings. The second kappa shape index (κ2) is 11.3. The van der Waals surface area contributed by atoms with Crippen molar-refractivity contribution >= 4 is 5.71 Å². The van der Waals surface area contributed by atoms with Gasteiger partial charge in [0, 0.05) is 6.42 Å². The van der Waals surface area contributed by atoms with Crippen molar-refractivity contribution in [1.29, 1.82) is 0 Å². The highest BCUT2D eigenvalue weighted by Crippen LogP contribution is 2.28. The molecule has 4 heteroatoms. The van der Waals surface area contributed by atoms with Gasteiger partial charge >= 0.3 is 0 Å². The van der Waals surface area contributed by atoms with E-state index in [1.807, 2.05) is 31.2 Å². The third kappa shape index (κ3) is 6.67. The van der Waals surface area contributed by atoms with Crippen LogP contribution in [0.25, 0.3) is 0 Å². The molecule has 4 nitrogen and oxygen atoms in total. The zero-order chi connectivity index (χ0) is 21.2. The van der Waals surface area contributed by atoms with Crippen LogP contribution < -0.4 is 9.47 Å². The van der Waals surface area contributed by atoms with E-state index in [4.69, 9.17) is 14.3 Å². The Morgan fingerprint density at radius 2 is 1.79 bits per heavy atom. The van der Waals surface area contributed by atoms with Crippen LogP contribution >= 0.6 is 0 Å². The third-order valence-electron chi connectivity index (χ3n) is 4.61. The number of oxime groups is 1. The van der Waals surface area contributed by atoms with Crippen molar-refractivity contribution in [3.05, 3.63) is 70.8 Å². The number of hydrogen-bond acceptors (Lipinski definition) is 4. The summed E-state index contributed by atoms with van der Waals surface area (Å²) in [6.07, 6.45) is 4.80. The number of rotatable bonds is 10. The summed E-state index contributed by atoms with van der Waals surface area (Å²) in [6.45, 7) is 11.5. The standard InChI is InChI=1S/C25H33NO3/c1-7-8-13-28-23-15-19(4)25(20(5)16-23)29-14-12-21-10-9-11-22(17-21)24(18(2)3)26-27-6/h7-11,15-18H,12-14H2,1-6H3/b8-7+,26-24?. The minimum Gasteiger partial charge on any atom is -0.493 e. The van der Waals surface area contributed by atoms with Gasteiger partial charge in [-0.05, 0) is 67.1 Å². The molecule has 0 fully saturated rings. The highest BCUT2D eigenvalue weighted by atomic mass is 16.6. The lowest BCUT2D eigenvalue weighted by molar-refractivity contribution is 0.212. The molecule has 0 N–H and O–H groups in total. The summed E-state index contributed by atoms with van der Waals surface area (Å²) in [7, 11) is 1.58. The van der Waals surface area contributed by atoms with Crippen molar-refractivity contribution in [1.82, 2.24) is 0 Å². The van der Waals surface area contributed by atoms with Crippen molar-refractivity contribution in [3.63, 3.8) is 0 Å². The van der Waals surface area contributed by atoms with Crippen LogP contribution in [0.5, 0.6) is 11.5 Å². The van der Waals surface area contributed by atoms with Gasteiger partial charge < -0.3 is 14.3 Å². The fourth-order valence-electron chi connectivity index (χ4n) is 3.21. The molecule has 0 amide bonds. The van der Waals surface area contributed by atoms with Gasteiger partial charge in [-0.1, -0.05) is 49.4 Å². The van der Waals surface area contributed by atoms with Crippen molar-refractivity contribution in [2.24, 2.45) is 11.1 Å². The fourth-order valence-corrected chi connectivity index (χ4v) is 3.21. The normalized spacial score (nSPS) is 11.9. The van der Waals surface area contributed by atoms with E-state index in [0.29, 0.717) is 19.1 Å². The average molecular weight is 396 g/mol. The first kappa shape index (κ1) is 22.5. The molecule has 156 valence electrons. The van der Waals surface area contributed by atoms with Gasteiger partial charge in [0.05, 0.1) is 12.3 Å². The molecule has 0 saturated heterocycles. The Kier molecular flexibility index (Phi) is 8.78. The van der Waals surface area contributed by atoms with Crippen LogP contribution in [0.15, 0.2) is 53.7 Å². The topological polar surface area (TPSA) is 40.0 Å². The van der Waals surface area contributed by atoms with Gasteiger partial charge in [-0.15, -0.1) is 0 Å². The van der Waals surface area contributed by atoms with E-state index in [1.165, 1.54) is 5.56 Å². The molecule has 29 heavy (non-hydrogen) atoms. The Bertz CT molecular complexity index is 830. The van der Waals surface area contributed by atoms with Crippen molar-refractivity contribution in [2.75, 3.05) is 20.3 Å². The number of benzene rings is 2. The zero-order valence-corrected chi connectivity index (χ0v) is 18.5. The monoisotopic (exact) mass is 395 g/mol. The Morgan fingerprint density at radius 3 is 2.41 bits per heavy atom. The van der Waals surface area contributed by atoms with E-state index in [2.05, 4.69) is 57.1 Å². The third-order valence-corrected chi connectivity index (χ3v) is 4.61. The van der Waals surface area contributed by atoms with Gasteiger partial charge in [0.25, 0.3) is 0 Å². The Labute approximate surface area is 175 Å². The summed E-state index contributed by atoms with van der Waals surface area (Å²) in [5.41, 5.74) is 5.44. The van der Waals surface area contributed by atoms with Crippen LogP contribution in [0.1, 0.15) is 43.0 Å². The molecule has 0 aromatic heterocycles. The predicted molar refractivity (Wildman–Crippen MR) is 120 cm³/mol. The highest BCUT2D eigenvalue weighted by molar-refractivity contribution is 6.01. The van der Waals surface area contributed by atoms with Gasteiger partial charge in [0.15, 0.2) is 0 Å². The highest BCUT2D eigenvalue weighted by Gasteiger charge is 2.11. The second-order valence-electron chi connectivity index (χ2n) is 7.38. The summed E-state index contributed by atoms with van der Waals surface area (Å²) in [5, 5.41) is 4.19. The van der Waals surface area contributed by atoms with E-state index in [-0.39, 0.29) is 0 Å². The van der Waals surface area contributed by atoms with Gasteiger partial charge in [0.2, 0.25) is 0 Å². The fraction of sp³-hybridized carbons (Fsp3) is 0.400. The Hall–Kier alpha value is -2.75. The largest absolute Gasteiger partial charge is 0.493 e. The molecule has 0 radical (unpaired) electrons. The molecule has 0 aliphatic heterocycles. The summed E-state index contributed by atoms with van der Waals surface area (Å²) < 4.78 is 11.9. The van der Waals surface area contributed by atoms with E-state index in [9.17, 15) is 0 Å². The molecule has 0 bridgehead atoms. The molecule has 2 aromatic carbocycles. The van der Waals surface area contributed by atoms with Crippen LogP contribution in [-0.4, -0.2) is 26.0 Å². The number of nitrogens with zero attached hydrogens (tertiary/aromatic N) is 1. The number of ether oxygens (including phenoxy) is 2. The average Bonchev–Trinajstić information content (AvgIpc) is 2.68. The van der Waals surface area contributed by atoms with Crippen LogP contribution in [-0.2, 0) is 11.3 Å². The Balaban J connectivity index is 2.03. The summed E-state index contributed by atoms with van der Waals surface area (Å²) >= 11 is 0. The number of aryl methyl sites for hydroxylation is 2. The van der Waals surface area contributed by atoms with Gasteiger partial charge in [0.1, 0.15) is 25.2 Å². The van der Waals surface area contributed by atoms with Crippen LogP contribution in [0.2, 0.25) is 0 Å². The molecule has 0 saturated carbocycles. The summed E-state index contributed by atoms with van der Waals surface area (Å²) in [5.74, 6) is 2.10. The van der Waals surface area contributed by atoms with Crippen molar-refractivity contribution < 1.29 is 14.3 Å². The van der Waals surface area contributed by atoms with E-state index in [1.54, 1.807) is 7.11 Å². The van der Waals surface area contributed by atoms with Gasteiger partial charge in [-0.25, -0.2) is 0 Å². The predicted octanol–water partition coefficient (Wildman–Crippen LogP) is 5.89. The molecule has 0 unspecified atom stereocenters. The van der Waals surface area contributed by atoms with Crippen molar-refractivity contribution in [3.8, 4) is 11.5 Å². The first-order valence-electron chi connectivity index (χ1n) is 10.1. The number of allylic oxidation sites excluding steroid dienone is 1. The van der Waals surface area contributed by atoms with Crippen LogP contribution in [0.3, 0.4) is 0 Å². The quantitative estimate of drug-likeness (QED) is 0.286. The Morgan fingerprint density at radius 1 is 1.07 bits per heavy atom. The molecule has 2 rings (SSSR count). The molecule has 0 heterocycles. The minimum atomic E-state index is 0.292. The molecule has 0 spiro atoms. The molecule has 2 aromatic rings. The van der Waals surface area contributed by atoms with Gasteiger partial charge in [-0.2, -0.15) is 0 Å². The van der Waals surface area contributed by atoms with Crippen LogP contribution in [0, 0.1) is 19.8 Å². The molecule has 0 atom stereocenters. The van der Waals surface area contributed by atoms with Crippen molar-refractivity contribution in [2.45, 2.75) is 41.0 Å². The maximum Gasteiger partial charge on any atom is 0.125 e. The zero-order valence-electron chi connectivity index (χ0n) is 18.5. The summed E-state index contributed by atoms with van der Waals surface area (Å²) in [6, 6.07) is 12.5. The first-order chi connectivity index (χ1) is 14.0. The van der Waals surface area contributed by atoms with Gasteiger partial charge in [-0.3, -0.25) is 0 Å². The van der Waals surface area contributed by atoms with E-state index < -0.39 is 0 Å². The lowest BCUT2D eigenvalue weighted by atomic mass is 9.98. The minimum absolute atomic E-state index is 0.292. The van der Waals surface area contributed by atoms with E-state index in [0.717, 1.165) is 40.3 Å². The maximum atomic E-state index is 6.12. The molecular weight excluding hydrogens is 362 g/mol. The molecular formula is C25H33NO3. The first-order valence-corrected chi connectivity index (χ1v) is 10.1. The smallest absolute Gasteiger partial charge is 0.125 e. The van der Waals surface area contributed by atoms with E-state index >= 15 is 0 Å².